The van der Waals surface area contributed by atoms with Crippen molar-refractivity contribution in [1.82, 2.24) is 19.4 Å². The van der Waals surface area contributed by atoms with Crippen molar-refractivity contribution in [1.29, 1.82) is 0 Å². The smallest absolute Gasteiger partial charge is 0.380 e. The summed E-state index contributed by atoms with van der Waals surface area (Å²) < 4.78 is 116. The van der Waals surface area contributed by atoms with Crippen LogP contribution in [0.2, 0.25) is 5.02 Å². The number of halogens is 4. The highest BCUT2D eigenvalue weighted by atomic mass is 35.5. The van der Waals surface area contributed by atoms with Gasteiger partial charge in [0.2, 0.25) is 0 Å². The summed E-state index contributed by atoms with van der Waals surface area (Å²) in [5.41, 5.74) is -1.15. The number of alkyl halides is 3. The highest BCUT2D eigenvalue weighted by molar-refractivity contribution is 7.99. The van der Waals surface area contributed by atoms with E-state index in [2.05, 4.69) is 50.9 Å². The Balaban J connectivity index is 0.993. The lowest BCUT2D eigenvalue weighted by Gasteiger charge is -2.39. The van der Waals surface area contributed by atoms with Crippen LogP contribution < -0.4 is 14.9 Å². The van der Waals surface area contributed by atoms with Gasteiger partial charge in [-0.05, 0) is 129 Å². The summed E-state index contributed by atoms with van der Waals surface area (Å²) >= 11 is 7.63. The predicted molar refractivity (Wildman–Crippen MR) is 288 cm³/mol. The molecular weight excluding hydrogens is 1060 g/mol. The fraction of sp³-hybridized carbons (Fsp3) is 0.481. The van der Waals surface area contributed by atoms with E-state index < -0.39 is 60.4 Å². The molecule has 2 aliphatic heterocycles. The van der Waals surface area contributed by atoms with Crippen LogP contribution >= 0.6 is 31.0 Å². The van der Waals surface area contributed by atoms with E-state index in [1.807, 2.05) is 47.2 Å². The maximum atomic E-state index is 14.4. The van der Waals surface area contributed by atoms with Gasteiger partial charge < -0.3 is 29.4 Å². The molecule has 7 rings (SSSR count). The van der Waals surface area contributed by atoms with Crippen LogP contribution in [0, 0.1) is 5.41 Å². The molecule has 1 aliphatic carbocycles. The Kier molecular flexibility index (Phi) is 19.5. The van der Waals surface area contributed by atoms with E-state index in [0.717, 1.165) is 74.7 Å². The summed E-state index contributed by atoms with van der Waals surface area (Å²) in [4.78, 5) is 31.1. The van der Waals surface area contributed by atoms with Crippen LogP contribution in [0.15, 0.2) is 117 Å². The zero-order valence-electron chi connectivity index (χ0n) is 42.0. The molecule has 0 aromatic heterocycles. The zero-order chi connectivity index (χ0) is 53.3. The standard InChI is InChI=1S/C52H67ClF3N6O8PS3/c1-4-70-71(64,65)34-8-24-59-26-28-60(29-27-59)25-22-43(38-72-45-9-6-5-7-10-45)57-48-20-19-46(35-49(48)73(66,67)52(54,55)56)74(68,69)58-50(63)40-13-17-44(18-14-40)62-32-30-61(31-33-62)37-41-36-51(2,3)23-21-47(41)39-11-15-42(53)16-12-39/h5-7,9-20,35,43,57H,4,8,21-34,36-38H2,1-3H3,(H,58,63)(H,64,65)/t43-/m1/s1. The van der Waals surface area contributed by atoms with Crippen LogP contribution in [0.5, 0.6) is 0 Å². The fourth-order valence-electron chi connectivity index (χ4n) is 9.66. The number of carbonyl (C=O) groups is 1. The average molecular weight is 1120 g/mol. The lowest BCUT2D eigenvalue weighted by molar-refractivity contribution is -0.0436. The summed E-state index contributed by atoms with van der Waals surface area (Å²) in [7, 11) is -14.6. The first-order chi connectivity index (χ1) is 35.0. The van der Waals surface area contributed by atoms with Crippen LogP contribution in [0.3, 0.4) is 0 Å². The third-order valence-corrected chi connectivity index (χ3v) is 19.6. The molecule has 0 spiro atoms. The quantitative estimate of drug-likeness (QED) is 0.0502. The van der Waals surface area contributed by atoms with Crippen molar-refractivity contribution in [2.75, 3.05) is 101 Å². The Morgan fingerprint density at radius 1 is 0.865 bits per heavy atom. The number of allylic oxidation sites excluding steroid dienone is 1. The molecule has 2 fully saturated rings. The van der Waals surface area contributed by atoms with E-state index in [0.29, 0.717) is 69.0 Å². The number of sulfone groups is 1. The third-order valence-electron chi connectivity index (χ3n) is 13.8. The SMILES string of the molecule is CCOP(=O)(O)CCCN1CCN(CC[C@H](CSc2ccccc2)Nc2ccc(S(=O)(=O)NC(=O)c3ccc(N4CCN(CC5=C(c6ccc(Cl)cc6)CCC(C)(C)C5)CC4)cc3)cc2S(=O)(=O)C(F)(F)F)CC1. The molecule has 3 N–H and O–H groups in total. The van der Waals surface area contributed by atoms with Gasteiger partial charge in [-0.15, -0.1) is 11.8 Å². The Bertz CT molecular complexity index is 2850. The molecule has 404 valence electrons. The largest absolute Gasteiger partial charge is 0.501 e. The van der Waals surface area contributed by atoms with Crippen molar-refractivity contribution in [2.24, 2.45) is 5.41 Å². The summed E-state index contributed by atoms with van der Waals surface area (Å²) in [6.07, 6.45) is 4.07. The van der Waals surface area contributed by atoms with E-state index in [4.69, 9.17) is 16.1 Å². The Hall–Kier alpha value is -3.95. The number of nitrogens with zero attached hydrogens (tertiary/aromatic N) is 4. The van der Waals surface area contributed by atoms with Crippen molar-refractivity contribution in [3.63, 3.8) is 0 Å². The number of benzene rings is 4. The predicted octanol–water partition coefficient (Wildman–Crippen LogP) is 9.73. The molecule has 4 aromatic rings. The van der Waals surface area contributed by atoms with Crippen molar-refractivity contribution in [3.05, 3.63) is 119 Å². The third kappa shape index (κ3) is 15.8. The summed E-state index contributed by atoms with van der Waals surface area (Å²) in [5.74, 6) is -0.717. The molecule has 14 nitrogen and oxygen atoms in total. The number of anilines is 2. The first kappa shape index (κ1) is 57.7. The number of rotatable bonds is 22. The van der Waals surface area contributed by atoms with Gasteiger partial charge in [-0.1, -0.05) is 61.4 Å². The van der Waals surface area contributed by atoms with Gasteiger partial charge in [-0.3, -0.25) is 14.3 Å². The summed E-state index contributed by atoms with van der Waals surface area (Å²) in [6.45, 7) is 14.2. The van der Waals surface area contributed by atoms with Crippen molar-refractivity contribution >= 4 is 73.7 Å². The minimum absolute atomic E-state index is 0.0187. The molecule has 2 saturated heterocycles. The summed E-state index contributed by atoms with van der Waals surface area (Å²) in [6, 6.07) is 25.6. The second-order valence-electron chi connectivity index (χ2n) is 19.9. The number of sulfonamides is 1. The number of amides is 1. The van der Waals surface area contributed by atoms with Gasteiger partial charge in [0.05, 0.1) is 23.4 Å². The molecule has 0 bridgehead atoms. The topological polar surface area (TPSA) is 169 Å². The van der Waals surface area contributed by atoms with Crippen LogP contribution in [0.25, 0.3) is 5.57 Å². The van der Waals surface area contributed by atoms with Crippen molar-refractivity contribution in [3.8, 4) is 0 Å². The molecular formula is C52H67ClF3N6O8PS3. The number of hydrogen-bond donors (Lipinski definition) is 3. The van der Waals surface area contributed by atoms with Gasteiger partial charge in [0, 0.05) is 98.4 Å². The second kappa shape index (κ2) is 25.0. The molecule has 74 heavy (non-hydrogen) atoms. The maximum Gasteiger partial charge on any atom is 0.501 e. The monoisotopic (exact) mass is 1120 g/mol. The zero-order valence-corrected chi connectivity index (χ0v) is 46.1. The summed E-state index contributed by atoms with van der Waals surface area (Å²) in [5, 5.41) is 3.72. The highest BCUT2D eigenvalue weighted by Gasteiger charge is 2.48. The molecule has 4 aromatic carbocycles. The van der Waals surface area contributed by atoms with Gasteiger partial charge in [-0.2, -0.15) is 13.2 Å². The van der Waals surface area contributed by atoms with Crippen LogP contribution in [-0.2, 0) is 28.9 Å². The molecule has 22 heteroatoms. The molecule has 1 amide bonds. The second-order valence-corrected chi connectivity index (χ2v) is 27.0. The maximum absolute atomic E-state index is 14.4. The van der Waals surface area contributed by atoms with Gasteiger partial charge in [0.15, 0.2) is 0 Å². The van der Waals surface area contributed by atoms with E-state index in [1.165, 1.54) is 40.6 Å². The normalized spacial score (nSPS) is 18.7. The Labute approximate surface area is 443 Å². The van der Waals surface area contributed by atoms with Crippen LogP contribution in [0.1, 0.15) is 68.8 Å². The van der Waals surface area contributed by atoms with E-state index in [-0.39, 0.29) is 23.7 Å². The molecule has 0 radical (unpaired) electrons. The Morgan fingerprint density at radius 3 is 2.14 bits per heavy atom. The van der Waals surface area contributed by atoms with Gasteiger partial charge in [0.25, 0.3) is 25.8 Å². The lowest BCUT2D eigenvalue weighted by atomic mass is 9.73. The number of carbonyl (C=O) groups excluding carboxylic acids is 1. The number of piperazine rings is 2. The van der Waals surface area contributed by atoms with Gasteiger partial charge >= 0.3 is 13.1 Å². The first-order valence-electron chi connectivity index (χ1n) is 24.9. The number of nitrogens with one attached hydrogen (secondary N) is 2. The van der Waals surface area contributed by atoms with Crippen LogP contribution in [0.4, 0.5) is 24.5 Å². The van der Waals surface area contributed by atoms with E-state index >= 15 is 0 Å². The van der Waals surface area contributed by atoms with Crippen LogP contribution in [-0.4, -0.2) is 144 Å². The number of thioether (sulfide) groups is 1. The van der Waals surface area contributed by atoms with E-state index in [9.17, 15) is 44.3 Å². The van der Waals surface area contributed by atoms with Crippen molar-refractivity contribution < 1.29 is 48.8 Å². The lowest BCUT2D eigenvalue weighted by Crippen LogP contribution is -2.47. The molecule has 3 aliphatic rings. The Morgan fingerprint density at radius 2 is 1.50 bits per heavy atom. The highest BCUT2D eigenvalue weighted by Crippen LogP contribution is 2.44. The number of hydrogen-bond acceptors (Lipinski definition) is 13. The van der Waals surface area contributed by atoms with Crippen molar-refractivity contribution in [2.45, 2.75) is 79.1 Å². The molecule has 0 saturated carbocycles. The van der Waals surface area contributed by atoms with E-state index in [1.54, 1.807) is 19.1 Å². The molecule has 2 atom stereocenters. The first-order valence-corrected chi connectivity index (χ1v) is 31.0. The van der Waals surface area contributed by atoms with Gasteiger partial charge in [-0.25, -0.2) is 21.6 Å². The minimum atomic E-state index is -6.11. The average Bonchev–Trinajstić information content (AvgIpc) is 3.35. The molecule has 1 unspecified atom stereocenters. The minimum Gasteiger partial charge on any atom is -0.380 e. The van der Waals surface area contributed by atoms with Gasteiger partial charge in [0.1, 0.15) is 4.90 Å². The fourth-order valence-corrected chi connectivity index (χ4v) is 13.9. The molecule has 2 heterocycles.